The maximum Gasteiger partial charge on any atom is 0.331 e. The van der Waals surface area contributed by atoms with Crippen LogP contribution in [0.1, 0.15) is 19.5 Å². The smallest absolute Gasteiger partial charge is 0.331 e. The fourth-order valence-electron chi connectivity index (χ4n) is 1.31. The average Bonchev–Trinajstić information content (AvgIpc) is 2.39. The molecule has 72 valence electrons. The van der Waals surface area contributed by atoms with Gasteiger partial charge in [0, 0.05) is 12.7 Å². The predicted octanol–water partition coefficient (Wildman–Crippen LogP) is 1.41. The Morgan fingerprint density at radius 3 is 2.69 bits per heavy atom. The van der Waals surface area contributed by atoms with Crippen molar-refractivity contribution in [2.24, 2.45) is 0 Å². The number of aromatic amines is 1. The van der Waals surface area contributed by atoms with Gasteiger partial charge in [0.05, 0.1) is 5.69 Å². The topological polar surface area (TPSA) is 49.8 Å². The number of hydrogen-bond donors (Lipinski definition) is 2. The molecule has 1 heterocycles. The molecule has 1 rings (SSSR count). The molecular formula is C9H15N3O. The highest BCUT2D eigenvalue weighted by Gasteiger charge is 2.09. The van der Waals surface area contributed by atoms with E-state index in [1.807, 2.05) is 26.8 Å². The van der Waals surface area contributed by atoms with E-state index in [0.29, 0.717) is 0 Å². The predicted molar refractivity (Wildman–Crippen MR) is 55.0 cm³/mol. The zero-order chi connectivity index (χ0) is 10.0. The zero-order valence-corrected chi connectivity index (χ0v) is 8.43. The molecule has 0 spiro atoms. The first-order valence-electron chi connectivity index (χ1n) is 4.24. The largest absolute Gasteiger partial charge is 0.373 e. The van der Waals surface area contributed by atoms with E-state index in [4.69, 9.17) is 0 Å². The van der Waals surface area contributed by atoms with Gasteiger partial charge in [0.2, 0.25) is 0 Å². The summed E-state index contributed by atoms with van der Waals surface area (Å²) in [6, 6.07) is 0. The summed E-state index contributed by atoms with van der Waals surface area (Å²) in [5, 5.41) is 2.99. The third-order valence-corrected chi connectivity index (χ3v) is 2.08. The van der Waals surface area contributed by atoms with Crippen molar-refractivity contribution in [3.8, 4) is 0 Å². The Morgan fingerprint density at radius 2 is 2.23 bits per heavy atom. The van der Waals surface area contributed by atoms with Crippen LogP contribution in [0.3, 0.4) is 0 Å². The van der Waals surface area contributed by atoms with Gasteiger partial charge in [-0.3, -0.25) is 4.57 Å². The lowest BCUT2D eigenvalue weighted by atomic mass is 10.4. The van der Waals surface area contributed by atoms with Gasteiger partial charge in [-0.25, -0.2) is 4.79 Å². The molecule has 2 N–H and O–H groups in total. The molecule has 0 aliphatic carbocycles. The minimum absolute atomic E-state index is 0.0996. The number of hydrogen-bond acceptors (Lipinski definition) is 2. The van der Waals surface area contributed by atoms with E-state index < -0.39 is 0 Å². The van der Waals surface area contributed by atoms with Gasteiger partial charge in [-0.15, -0.1) is 0 Å². The van der Waals surface area contributed by atoms with E-state index >= 15 is 0 Å². The first-order chi connectivity index (χ1) is 6.11. The molecule has 0 aromatic carbocycles. The van der Waals surface area contributed by atoms with Crippen LogP contribution < -0.4 is 11.0 Å². The molecule has 0 unspecified atom stereocenters. The molecule has 4 heteroatoms. The minimum Gasteiger partial charge on any atom is -0.373 e. The second-order valence-corrected chi connectivity index (χ2v) is 2.92. The van der Waals surface area contributed by atoms with Gasteiger partial charge in [-0.05, 0) is 20.8 Å². The summed E-state index contributed by atoms with van der Waals surface area (Å²) in [7, 11) is 1.80. The zero-order valence-electron chi connectivity index (χ0n) is 8.43. The van der Waals surface area contributed by atoms with Gasteiger partial charge >= 0.3 is 5.69 Å². The normalized spacial score (nSPS) is 11.8. The summed E-state index contributed by atoms with van der Waals surface area (Å²) in [6.45, 7) is 5.67. The quantitative estimate of drug-likeness (QED) is 0.724. The molecular weight excluding hydrogens is 166 g/mol. The molecule has 4 nitrogen and oxygen atoms in total. The lowest BCUT2D eigenvalue weighted by Crippen LogP contribution is -2.16. The Labute approximate surface area is 77.3 Å². The van der Waals surface area contributed by atoms with Gasteiger partial charge in [-0.2, -0.15) is 0 Å². The second-order valence-electron chi connectivity index (χ2n) is 2.92. The number of anilines is 1. The lowest BCUT2D eigenvalue weighted by Gasteiger charge is -2.06. The van der Waals surface area contributed by atoms with E-state index in [2.05, 4.69) is 10.3 Å². The van der Waals surface area contributed by atoms with Crippen molar-refractivity contribution in [3.63, 3.8) is 0 Å². The number of rotatable bonds is 2. The monoisotopic (exact) mass is 181 g/mol. The van der Waals surface area contributed by atoms with E-state index in [-0.39, 0.29) is 5.69 Å². The van der Waals surface area contributed by atoms with Gasteiger partial charge in [-0.1, -0.05) is 6.08 Å². The Bertz CT molecular complexity index is 384. The van der Waals surface area contributed by atoms with Gasteiger partial charge in [0.15, 0.2) is 0 Å². The molecule has 1 aromatic rings. The Morgan fingerprint density at radius 1 is 1.62 bits per heavy atom. The first kappa shape index (κ1) is 9.64. The molecule has 0 saturated carbocycles. The third kappa shape index (κ3) is 1.52. The molecule has 0 fully saturated rings. The number of H-pyrrole nitrogens is 1. The number of nitrogens with zero attached hydrogens (tertiary/aromatic N) is 1. The van der Waals surface area contributed by atoms with Crippen LogP contribution in [0.2, 0.25) is 0 Å². The standard InChI is InChI=1S/C9H15N3O/c1-5-6(2)12-8(10-4)7(3)11-9(12)13/h5,10H,1-4H3,(H,11,13)/b6-5+. The van der Waals surface area contributed by atoms with E-state index in [9.17, 15) is 4.79 Å². The molecule has 0 saturated heterocycles. The number of aromatic nitrogens is 2. The fraction of sp³-hybridized carbons (Fsp3) is 0.444. The highest BCUT2D eigenvalue weighted by atomic mass is 16.1. The Balaban J connectivity index is 3.42. The van der Waals surface area contributed by atoms with Crippen molar-refractivity contribution >= 4 is 11.5 Å². The van der Waals surface area contributed by atoms with Crippen LogP contribution in [0.5, 0.6) is 0 Å². The lowest BCUT2D eigenvalue weighted by molar-refractivity contribution is 1.00. The average molecular weight is 181 g/mol. The fourth-order valence-corrected chi connectivity index (χ4v) is 1.31. The van der Waals surface area contributed by atoms with E-state index in [1.165, 1.54) is 0 Å². The van der Waals surface area contributed by atoms with Gasteiger partial charge < -0.3 is 10.3 Å². The third-order valence-electron chi connectivity index (χ3n) is 2.08. The Hall–Kier alpha value is -1.45. The maximum atomic E-state index is 11.4. The number of nitrogens with one attached hydrogen (secondary N) is 2. The number of imidazole rings is 1. The SMILES string of the molecule is C/C=C(\C)n1c(NC)c(C)[nH]c1=O. The summed E-state index contributed by atoms with van der Waals surface area (Å²) < 4.78 is 1.62. The van der Waals surface area contributed by atoms with Crippen molar-refractivity contribution in [3.05, 3.63) is 22.3 Å². The summed E-state index contributed by atoms with van der Waals surface area (Å²) in [5.74, 6) is 0.820. The van der Waals surface area contributed by atoms with Crippen LogP contribution in [0.25, 0.3) is 5.70 Å². The maximum absolute atomic E-state index is 11.4. The van der Waals surface area contributed by atoms with Crippen molar-refractivity contribution in [1.29, 1.82) is 0 Å². The van der Waals surface area contributed by atoms with Gasteiger partial charge in [0.1, 0.15) is 5.82 Å². The van der Waals surface area contributed by atoms with Crippen molar-refractivity contribution in [2.45, 2.75) is 20.8 Å². The number of aryl methyl sites for hydroxylation is 1. The summed E-state index contributed by atoms with van der Waals surface area (Å²) in [4.78, 5) is 14.2. The van der Waals surface area contributed by atoms with Crippen LogP contribution in [-0.4, -0.2) is 16.6 Å². The van der Waals surface area contributed by atoms with Crippen LogP contribution in [0.15, 0.2) is 10.9 Å². The summed E-state index contributed by atoms with van der Waals surface area (Å²) in [6.07, 6.45) is 1.90. The minimum atomic E-state index is -0.0996. The molecule has 0 aliphatic rings. The molecule has 0 radical (unpaired) electrons. The molecule has 13 heavy (non-hydrogen) atoms. The molecule has 1 aromatic heterocycles. The molecule has 0 amide bonds. The highest BCUT2D eigenvalue weighted by Crippen LogP contribution is 2.13. The highest BCUT2D eigenvalue weighted by molar-refractivity contribution is 5.54. The van der Waals surface area contributed by atoms with Gasteiger partial charge in [0.25, 0.3) is 0 Å². The summed E-state index contributed by atoms with van der Waals surface area (Å²) in [5.41, 5.74) is 1.67. The van der Waals surface area contributed by atoms with Crippen LogP contribution in [0.4, 0.5) is 5.82 Å². The number of allylic oxidation sites excluding steroid dienone is 2. The summed E-state index contributed by atoms with van der Waals surface area (Å²) >= 11 is 0. The molecule has 0 atom stereocenters. The van der Waals surface area contributed by atoms with Crippen molar-refractivity contribution in [1.82, 2.24) is 9.55 Å². The first-order valence-corrected chi connectivity index (χ1v) is 4.24. The van der Waals surface area contributed by atoms with E-state index in [1.54, 1.807) is 11.6 Å². The van der Waals surface area contributed by atoms with Crippen LogP contribution in [0, 0.1) is 6.92 Å². The van der Waals surface area contributed by atoms with Crippen molar-refractivity contribution in [2.75, 3.05) is 12.4 Å². The molecule has 0 aliphatic heterocycles. The van der Waals surface area contributed by atoms with Crippen LogP contribution in [-0.2, 0) is 0 Å². The second kappa shape index (κ2) is 3.51. The van der Waals surface area contributed by atoms with E-state index in [0.717, 1.165) is 17.2 Å². The van der Waals surface area contributed by atoms with Crippen molar-refractivity contribution < 1.29 is 0 Å². The van der Waals surface area contributed by atoms with Crippen LogP contribution >= 0.6 is 0 Å². The Kier molecular flexibility index (Phi) is 2.60. The molecule has 0 bridgehead atoms.